The molecule has 2 aromatic rings. The van der Waals surface area contributed by atoms with E-state index >= 15 is 0 Å². The van der Waals surface area contributed by atoms with Crippen molar-refractivity contribution in [3.05, 3.63) is 53.1 Å². The Morgan fingerprint density at radius 1 is 1.35 bits per heavy atom. The number of halogens is 2. The van der Waals surface area contributed by atoms with Gasteiger partial charge in [-0.25, -0.2) is 4.39 Å². The maximum Gasteiger partial charge on any atom is 0.257 e. The first-order valence-corrected chi connectivity index (χ1v) is 6.44. The molecule has 0 spiro atoms. The number of benzene rings is 1. The average Bonchev–Trinajstić information content (AvgIpc) is 2.43. The summed E-state index contributed by atoms with van der Waals surface area (Å²) in [5.74, 6) is -1.03. The first-order valence-electron chi connectivity index (χ1n) is 6.06. The number of anilines is 2. The summed E-state index contributed by atoms with van der Waals surface area (Å²) < 4.78 is 13.5. The van der Waals surface area contributed by atoms with Gasteiger partial charge in [0.05, 0.1) is 17.4 Å². The van der Waals surface area contributed by atoms with Gasteiger partial charge in [0.2, 0.25) is 0 Å². The van der Waals surface area contributed by atoms with Gasteiger partial charge in [0.25, 0.3) is 5.91 Å². The molecule has 0 aliphatic rings. The molecule has 0 fully saturated rings. The number of nitrogens with zero attached hydrogens (tertiary/aromatic N) is 1. The Labute approximate surface area is 121 Å². The van der Waals surface area contributed by atoms with E-state index in [1.807, 2.05) is 6.92 Å². The second-order valence-corrected chi connectivity index (χ2v) is 4.47. The first-order chi connectivity index (χ1) is 9.61. The maximum atomic E-state index is 13.5. The summed E-state index contributed by atoms with van der Waals surface area (Å²) in [6.45, 7) is 2.57. The van der Waals surface area contributed by atoms with Gasteiger partial charge in [0.1, 0.15) is 0 Å². The standard InChI is InChI=1S/C14H13ClFN3O/c1-2-18-12-4-3-9(15)7-10(12)14(20)19-13-5-6-17-8-11(13)16/h3-8,18H,2H2,1H3,(H,17,19,20). The van der Waals surface area contributed by atoms with Crippen molar-refractivity contribution in [2.24, 2.45) is 0 Å². The Bertz CT molecular complexity index is 634. The van der Waals surface area contributed by atoms with Crippen molar-refractivity contribution < 1.29 is 9.18 Å². The number of rotatable bonds is 4. The van der Waals surface area contributed by atoms with Crippen LogP contribution in [0, 0.1) is 5.82 Å². The molecule has 0 aliphatic heterocycles. The summed E-state index contributed by atoms with van der Waals surface area (Å²) >= 11 is 5.90. The van der Waals surface area contributed by atoms with Crippen molar-refractivity contribution in [1.29, 1.82) is 0 Å². The zero-order chi connectivity index (χ0) is 14.5. The molecule has 0 bridgehead atoms. The third-order valence-corrected chi connectivity index (χ3v) is 2.85. The van der Waals surface area contributed by atoms with Crippen LogP contribution in [0.1, 0.15) is 17.3 Å². The van der Waals surface area contributed by atoms with Crippen LogP contribution in [0.2, 0.25) is 5.02 Å². The molecule has 2 N–H and O–H groups in total. The number of amides is 1. The van der Waals surface area contributed by atoms with Crippen LogP contribution in [0.4, 0.5) is 15.8 Å². The van der Waals surface area contributed by atoms with Gasteiger partial charge in [-0.15, -0.1) is 0 Å². The summed E-state index contributed by atoms with van der Waals surface area (Å²) in [6, 6.07) is 6.33. The van der Waals surface area contributed by atoms with Crippen LogP contribution >= 0.6 is 11.6 Å². The minimum absolute atomic E-state index is 0.0763. The van der Waals surface area contributed by atoms with Gasteiger partial charge in [0, 0.05) is 23.5 Å². The molecule has 104 valence electrons. The Morgan fingerprint density at radius 2 is 2.15 bits per heavy atom. The zero-order valence-corrected chi connectivity index (χ0v) is 11.5. The first kappa shape index (κ1) is 14.3. The second kappa shape index (κ2) is 6.34. The van der Waals surface area contributed by atoms with Crippen LogP contribution < -0.4 is 10.6 Å². The van der Waals surface area contributed by atoms with Crippen LogP contribution in [0.5, 0.6) is 0 Å². The minimum Gasteiger partial charge on any atom is -0.385 e. The van der Waals surface area contributed by atoms with Crippen molar-refractivity contribution >= 4 is 28.9 Å². The smallest absolute Gasteiger partial charge is 0.257 e. The molecule has 0 atom stereocenters. The Morgan fingerprint density at radius 3 is 2.85 bits per heavy atom. The average molecular weight is 294 g/mol. The van der Waals surface area contributed by atoms with Crippen LogP contribution in [0.25, 0.3) is 0 Å². The van der Waals surface area contributed by atoms with Crippen molar-refractivity contribution in [3.63, 3.8) is 0 Å². The zero-order valence-electron chi connectivity index (χ0n) is 10.8. The third-order valence-electron chi connectivity index (χ3n) is 2.61. The highest BCUT2D eigenvalue weighted by Crippen LogP contribution is 2.22. The lowest BCUT2D eigenvalue weighted by atomic mass is 10.1. The predicted molar refractivity (Wildman–Crippen MR) is 77.8 cm³/mol. The molecule has 20 heavy (non-hydrogen) atoms. The molecule has 1 heterocycles. The molecule has 0 unspecified atom stereocenters. The van der Waals surface area contributed by atoms with Crippen LogP contribution in [0.3, 0.4) is 0 Å². The number of carbonyl (C=O) groups excluding carboxylic acids is 1. The summed E-state index contributed by atoms with van der Waals surface area (Å²) in [7, 11) is 0. The number of pyridine rings is 1. The predicted octanol–water partition coefficient (Wildman–Crippen LogP) is 3.56. The van der Waals surface area contributed by atoms with Gasteiger partial charge in [-0.3, -0.25) is 9.78 Å². The summed E-state index contributed by atoms with van der Waals surface area (Å²) in [5.41, 5.74) is 1.08. The fourth-order valence-corrected chi connectivity index (χ4v) is 1.89. The van der Waals surface area contributed by atoms with Crippen LogP contribution in [0.15, 0.2) is 36.7 Å². The van der Waals surface area contributed by atoms with Crippen molar-refractivity contribution in [1.82, 2.24) is 4.98 Å². The highest BCUT2D eigenvalue weighted by molar-refractivity contribution is 6.31. The third kappa shape index (κ3) is 3.24. The highest BCUT2D eigenvalue weighted by atomic mass is 35.5. The normalized spacial score (nSPS) is 10.2. The quantitative estimate of drug-likeness (QED) is 0.906. The second-order valence-electron chi connectivity index (χ2n) is 4.03. The van der Waals surface area contributed by atoms with Crippen molar-refractivity contribution in [2.75, 3.05) is 17.2 Å². The molecule has 6 heteroatoms. The van der Waals surface area contributed by atoms with Gasteiger partial charge >= 0.3 is 0 Å². The highest BCUT2D eigenvalue weighted by Gasteiger charge is 2.13. The molecule has 0 saturated heterocycles. The van der Waals surface area contributed by atoms with Crippen molar-refractivity contribution in [2.45, 2.75) is 6.92 Å². The van der Waals surface area contributed by atoms with E-state index in [1.165, 1.54) is 18.3 Å². The molecular weight excluding hydrogens is 281 g/mol. The van der Waals surface area contributed by atoms with Crippen LogP contribution in [-0.4, -0.2) is 17.4 Å². The largest absolute Gasteiger partial charge is 0.385 e. The SMILES string of the molecule is CCNc1ccc(Cl)cc1C(=O)Nc1ccncc1F. The Balaban J connectivity index is 2.29. The van der Waals surface area contributed by atoms with Gasteiger partial charge in [0.15, 0.2) is 5.82 Å². The van der Waals surface area contributed by atoms with E-state index in [2.05, 4.69) is 15.6 Å². The van der Waals surface area contributed by atoms with E-state index in [0.717, 1.165) is 6.20 Å². The molecular formula is C14H13ClFN3O. The lowest BCUT2D eigenvalue weighted by molar-refractivity contribution is 0.102. The summed E-state index contributed by atoms with van der Waals surface area (Å²) in [4.78, 5) is 15.8. The van der Waals surface area contributed by atoms with Crippen molar-refractivity contribution in [3.8, 4) is 0 Å². The van der Waals surface area contributed by atoms with E-state index in [-0.39, 0.29) is 5.69 Å². The molecule has 2 rings (SSSR count). The fraction of sp³-hybridized carbons (Fsp3) is 0.143. The van der Waals surface area contributed by atoms with Gasteiger partial charge in [-0.05, 0) is 31.2 Å². The molecule has 1 aromatic heterocycles. The maximum absolute atomic E-state index is 13.5. The minimum atomic E-state index is -0.590. The van der Waals surface area contributed by atoms with Crippen LogP contribution in [-0.2, 0) is 0 Å². The summed E-state index contributed by atoms with van der Waals surface area (Å²) in [6.07, 6.45) is 2.45. The summed E-state index contributed by atoms with van der Waals surface area (Å²) in [5, 5.41) is 6.00. The van der Waals surface area contributed by atoms with E-state index in [0.29, 0.717) is 22.8 Å². The van der Waals surface area contributed by atoms with Gasteiger partial charge in [-0.1, -0.05) is 11.6 Å². The van der Waals surface area contributed by atoms with E-state index in [4.69, 9.17) is 11.6 Å². The molecule has 4 nitrogen and oxygen atoms in total. The molecule has 0 saturated carbocycles. The van der Waals surface area contributed by atoms with E-state index in [9.17, 15) is 9.18 Å². The molecule has 1 aromatic carbocycles. The number of nitrogens with one attached hydrogen (secondary N) is 2. The number of hydrogen-bond acceptors (Lipinski definition) is 3. The monoisotopic (exact) mass is 293 g/mol. The molecule has 0 aliphatic carbocycles. The Kier molecular flexibility index (Phi) is 4.53. The topological polar surface area (TPSA) is 54.0 Å². The molecule has 1 amide bonds. The number of carbonyl (C=O) groups is 1. The number of hydrogen-bond donors (Lipinski definition) is 2. The Hall–Kier alpha value is -2.14. The van der Waals surface area contributed by atoms with Gasteiger partial charge in [-0.2, -0.15) is 0 Å². The fourth-order valence-electron chi connectivity index (χ4n) is 1.72. The number of aromatic nitrogens is 1. The lowest BCUT2D eigenvalue weighted by Gasteiger charge is -2.12. The van der Waals surface area contributed by atoms with E-state index in [1.54, 1.807) is 12.1 Å². The molecule has 0 radical (unpaired) electrons. The van der Waals surface area contributed by atoms with E-state index < -0.39 is 11.7 Å². The lowest BCUT2D eigenvalue weighted by Crippen LogP contribution is -2.15. The van der Waals surface area contributed by atoms with Gasteiger partial charge < -0.3 is 10.6 Å².